The highest BCUT2D eigenvalue weighted by Crippen LogP contribution is 2.32. The summed E-state index contributed by atoms with van der Waals surface area (Å²) in [5, 5.41) is 4.86. The largest absolute Gasteiger partial charge is 0.416 e. The van der Waals surface area contributed by atoms with Crippen molar-refractivity contribution in [2.24, 2.45) is 5.73 Å². The Hall–Kier alpha value is -3.36. The number of hydrogen-bond acceptors (Lipinski definition) is 3. The minimum atomic E-state index is -4.62. The number of alkyl halides is 3. The Kier molecular flexibility index (Phi) is 7.57. The second-order valence-corrected chi connectivity index (χ2v) is 6.77. The molecule has 0 aliphatic heterocycles. The zero-order valence-corrected chi connectivity index (χ0v) is 16.2. The van der Waals surface area contributed by atoms with Crippen molar-refractivity contribution in [2.45, 2.75) is 38.0 Å². The van der Waals surface area contributed by atoms with E-state index in [0.717, 1.165) is 11.6 Å². The molecule has 3 amide bonds. The summed E-state index contributed by atoms with van der Waals surface area (Å²) in [6.45, 7) is 1.23. The average Bonchev–Trinajstić information content (AvgIpc) is 2.67. The Morgan fingerprint density at radius 1 is 0.900 bits per heavy atom. The summed E-state index contributed by atoms with van der Waals surface area (Å²) in [7, 11) is 0. The Morgan fingerprint density at radius 2 is 1.50 bits per heavy atom. The molecule has 160 valence electrons. The highest BCUT2D eigenvalue weighted by molar-refractivity contribution is 5.91. The van der Waals surface area contributed by atoms with Crippen molar-refractivity contribution in [2.75, 3.05) is 0 Å². The third-order valence-corrected chi connectivity index (χ3v) is 4.38. The first-order chi connectivity index (χ1) is 14.1. The predicted octanol–water partition coefficient (Wildman–Crippen LogP) is 1.97. The van der Waals surface area contributed by atoms with Gasteiger partial charge < -0.3 is 16.4 Å². The van der Waals surface area contributed by atoms with E-state index in [9.17, 15) is 27.6 Å². The van der Waals surface area contributed by atoms with Crippen LogP contribution >= 0.6 is 0 Å². The van der Waals surface area contributed by atoms with Crippen molar-refractivity contribution in [3.8, 4) is 0 Å². The molecule has 0 heterocycles. The highest BCUT2D eigenvalue weighted by Gasteiger charge is 2.34. The molecule has 6 nitrogen and oxygen atoms in total. The van der Waals surface area contributed by atoms with E-state index >= 15 is 0 Å². The predicted molar refractivity (Wildman–Crippen MR) is 104 cm³/mol. The van der Waals surface area contributed by atoms with Crippen LogP contribution in [0.2, 0.25) is 0 Å². The molecule has 2 rings (SSSR count). The maximum absolute atomic E-state index is 13.2. The van der Waals surface area contributed by atoms with E-state index in [-0.39, 0.29) is 12.0 Å². The van der Waals surface area contributed by atoms with Crippen molar-refractivity contribution in [3.05, 3.63) is 71.3 Å². The number of amides is 3. The smallest absolute Gasteiger partial charge is 0.368 e. The maximum atomic E-state index is 13.2. The highest BCUT2D eigenvalue weighted by atomic mass is 19.4. The molecule has 0 bridgehead atoms. The molecule has 0 spiro atoms. The molecule has 4 N–H and O–H groups in total. The molecule has 2 aromatic carbocycles. The van der Waals surface area contributed by atoms with E-state index < -0.39 is 48.0 Å². The summed E-state index contributed by atoms with van der Waals surface area (Å²) in [6.07, 6.45) is -4.92. The first kappa shape index (κ1) is 22.9. The summed E-state index contributed by atoms with van der Waals surface area (Å²) >= 11 is 0. The number of carbonyl (C=O) groups is 3. The van der Waals surface area contributed by atoms with Crippen LogP contribution in [-0.2, 0) is 33.4 Å². The fraction of sp³-hybridized carbons (Fsp3) is 0.286. The van der Waals surface area contributed by atoms with Gasteiger partial charge in [0.1, 0.15) is 12.1 Å². The van der Waals surface area contributed by atoms with E-state index in [0.29, 0.717) is 0 Å². The van der Waals surface area contributed by atoms with Crippen molar-refractivity contribution < 1.29 is 27.6 Å². The Morgan fingerprint density at radius 3 is 2.07 bits per heavy atom. The molecule has 0 saturated heterocycles. The third-order valence-electron chi connectivity index (χ3n) is 4.38. The minimum absolute atomic E-state index is 0.136. The molecule has 0 unspecified atom stereocenters. The van der Waals surface area contributed by atoms with Gasteiger partial charge in [0, 0.05) is 19.8 Å². The van der Waals surface area contributed by atoms with Gasteiger partial charge in [0.15, 0.2) is 0 Å². The van der Waals surface area contributed by atoms with E-state index in [1.165, 1.54) is 25.1 Å². The van der Waals surface area contributed by atoms with Crippen molar-refractivity contribution in [3.63, 3.8) is 0 Å². The Labute approximate surface area is 171 Å². The lowest BCUT2D eigenvalue weighted by Gasteiger charge is -2.23. The van der Waals surface area contributed by atoms with Gasteiger partial charge >= 0.3 is 6.18 Å². The molecule has 0 fully saturated rings. The van der Waals surface area contributed by atoms with Crippen LogP contribution in [0, 0.1) is 0 Å². The molecule has 2 aromatic rings. The summed E-state index contributed by atoms with van der Waals surface area (Å²) in [5.41, 5.74) is 5.00. The third kappa shape index (κ3) is 6.61. The number of hydrogen-bond donors (Lipinski definition) is 3. The van der Waals surface area contributed by atoms with Gasteiger partial charge in [-0.15, -0.1) is 0 Å². The van der Waals surface area contributed by atoms with Crippen LogP contribution in [-0.4, -0.2) is 29.8 Å². The van der Waals surface area contributed by atoms with Gasteiger partial charge in [0.2, 0.25) is 17.7 Å². The van der Waals surface area contributed by atoms with Crippen LogP contribution in [0.25, 0.3) is 0 Å². The van der Waals surface area contributed by atoms with Crippen LogP contribution in [0.15, 0.2) is 54.6 Å². The number of primary amides is 1. The van der Waals surface area contributed by atoms with Gasteiger partial charge in [0.25, 0.3) is 0 Å². The van der Waals surface area contributed by atoms with Crippen molar-refractivity contribution in [1.82, 2.24) is 10.6 Å². The second-order valence-electron chi connectivity index (χ2n) is 6.77. The molecule has 9 heteroatoms. The lowest BCUT2D eigenvalue weighted by Crippen LogP contribution is -2.54. The maximum Gasteiger partial charge on any atom is 0.416 e. The lowest BCUT2D eigenvalue weighted by molar-refractivity contribution is -0.138. The molecule has 0 aliphatic rings. The molecular formula is C21H22F3N3O3. The standard InChI is InChI=1S/C21H22F3N3O3/c1-13(28)26-18(11-14-7-3-2-4-8-14)20(30)27-17(19(25)29)12-15-9-5-6-10-16(15)21(22,23)24/h2-10,17-18H,11-12H2,1H3,(H2,25,29)(H,26,28)(H,27,30)/t17-,18-/m1/s1. The SMILES string of the molecule is CC(=O)N[C@H](Cc1ccccc1)C(=O)N[C@H](Cc1ccccc1C(F)(F)F)C(N)=O. The number of nitrogens with one attached hydrogen (secondary N) is 2. The van der Waals surface area contributed by atoms with Crippen LogP contribution in [0.3, 0.4) is 0 Å². The Balaban J connectivity index is 2.21. The summed E-state index contributed by atoms with van der Waals surface area (Å²) in [5.74, 6) is -2.17. The molecule has 0 saturated carbocycles. The molecule has 30 heavy (non-hydrogen) atoms. The van der Waals surface area contributed by atoms with E-state index in [4.69, 9.17) is 5.73 Å². The fourth-order valence-electron chi connectivity index (χ4n) is 2.99. The summed E-state index contributed by atoms with van der Waals surface area (Å²) in [4.78, 5) is 36.1. The first-order valence-electron chi connectivity index (χ1n) is 9.13. The van der Waals surface area contributed by atoms with Crippen LogP contribution in [0.4, 0.5) is 13.2 Å². The van der Waals surface area contributed by atoms with Gasteiger partial charge in [-0.3, -0.25) is 14.4 Å². The van der Waals surface area contributed by atoms with Crippen molar-refractivity contribution >= 4 is 17.7 Å². The normalized spacial score (nSPS) is 13.2. The van der Waals surface area contributed by atoms with Crippen LogP contribution in [0.5, 0.6) is 0 Å². The van der Waals surface area contributed by atoms with E-state index in [2.05, 4.69) is 10.6 Å². The Bertz CT molecular complexity index is 901. The number of rotatable bonds is 8. The van der Waals surface area contributed by atoms with Gasteiger partial charge in [-0.2, -0.15) is 13.2 Å². The number of halogens is 3. The molecule has 0 aliphatic carbocycles. The lowest BCUT2D eigenvalue weighted by atomic mass is 9.98. The van der Waals surface area contributed by atoms with Gasteiger partial charge in [-0.05, 0) is 17.2 Å². The average molecular weight is 421 g/mol. The molecular weight excluding hydrogens is 399 g/mol. The van der Waals surface area contributed by atoms with Gasteiger partial charge in [0.05, 0.1) is 5.56 Å². The van der Waals surface area contributed by atoms with Crippen molar-refractivity contribution in [1.29, 1.82) is 0 Å². The number of carbonyl (C=O) groups excluding carboxylic acids is 3. The zero-order valence-electron chi connectivity index (χ0n) is 16.2. The van der Waals surface area contributed by atoms with E-state index in [1.54, 1.807) is 30.3 Å². The second kappa shape index (κ2) is 9.91. The quantitative estimate of drug-likeness (QED) is 0.607. The molecule has 0 radical (unpaired) electrons. The molecule has 2 atom stereocenters. The van der Waals surface area contributed by atoms with Crippen LogP contribution < -0.4 is 16.4 Å². The van der Waals surface area contributed by atoms with Gasteiger partial charge in [-0.25, -0.2) is 0 Å². The van der Waals surface area contributed by atoms with Crippen LogP contribution in [0.1, 0.15) is 23.6 Å². The number of benzene rings is 2. The zero-order chi connectivity index (χ0) is 22.3. The fourth-order valence-corrected chi connectivity index (χ4v) is 2.99. The minimum Gasteiger partial charge on any atom is -0.368 e. The summed E-state index contributed by atoms with van der Waals surface area (Å²) < 4.78 is 39.7. The number of nitrogens with two attached hydrogens (primary N) is 1. The first-order valence-corrected chi connectivity index (χ1v) is 9.13. The monoisotopic (exact) mass is 421 g/mol. The molecule has 0 aromatic heterocycles. The topological polar surface area (TPSA) is 101 Å². The summed E-state index contributed by atoms with van der Waals surface area (Å²) in [6, 6.07) is 11.2. The van der Waals surface area contributed by atoms with Gasteiger partial charge in [-0.1, -0.05) is 48.5 Å². The van der Waals surface area contributed by atoms with E-state index in [1.807, 2.05) is 0 Å².